The molecule has 0 aliphatic heterocycles. The van der Waals surface area contributed by atoms with Gasteiger partial charge in [-0.25, -0.2) is 0 Å². The SMILES string of the molecule is COc1ccc2cc(C(C)(C)[C@@H]3CC[C@@H](C)C[C@H]3OC(=O)[C@]34CCCC(=O)[C@H]3[C@@](C)(C#N)C4)ccc2c1. The summed E-state index contributed by atoms with van der Waals surface area (Å²) in [6, 6.07) is 15.1. The number of methoxy groups -OCH3 is 1. The molecular formula is C32H39NO4. The van der Waals surface area contributed by atoms with Crippen molar-refractivity contribution < 1.29 is 19.1 Å². The molecule has 5 heteroatoms. The third kappa shape index (κ3) is 4.13. The summed E-state index contributed by atoms with van der Waals surface area (Å²) in [5.41, 5.74) is -0.560. The number of benzene rings is 2. The van der Waals surface area contributed by atoms with Gasteiger partial charge in [0.1, 0.15) is 17.6 Å². The average Bonchev–Trinajstić information content (AvgIpc) is 2.86. The van der Waals surface area contributed by atoms with Crippen LogP contribution in [0.1, 0.15) is 78.2 Å². The maximum atomic E-state index is 13.9. The zero-order chi connectivity index (χ0) is 26.6. The van der Waals surface area contributed by atoms with Crippen LogP contribution in [0.2, 0.25) is 0 Å². The lowest BCUT2D eigenvalue weighted by atomic mass is 9.42. The molecule has 0 unspecified atom stereocenters. The first-order valence-electron chi connectivity index (χ1n) is 13.8. The van der Waals surface area contributed by atoms with Crippen molar-refractivity contribution in [1.29, 1.82) is 5.26 Å². The van der Waals surface area contributed by atoms with Gasteiger partial charge in [-0.3, -0.25) is 9.59 Å². The number of carbonyl (C=O) groups excluding carboxylic acids is 2. The first-order valence-corrected chi connectivity index (χ1v) is 13.8. The fourth-order valence-corrected chi connectivity index (χ4v) is 7.86. The molecule has 0 saturated heterocycles. The summed E-state index contributed by atoms with van der Waals surface area (Å²) in [6.07, 6.45) is 4.93. The molecule has 0 amide bonds. The van der Waals surface area contributed by atoms with Gasteiger partial charge >= 0.3 is 5.97 Å². The summed E-state index contributed by atoms with van der Waals surface area (Å²) in [6.45, 7) is 8.59. The van der Waals surface area contributed by atoms with Gasteiger partial charge in [0.25, 0.3) is 0 Å². The molecule has 0 aromatic heterocycles. The molecule has 0 heterocycles. The van der Waals surface area contributed by atoms with E-state index in [0.29, 0.717) is 31.6 Å². The molecule has 0 spiro atoms. The second-order valence-corrected chi connectivity index (χ2v) is 12.7. The zero-order valence-corrected chi connectivity index (χ0v) is 22.8. The first kappa shape index (κ1) is 25.8. The minimum atomic E-state index is -0.822. The van der Waals surface area contributed by atoms with Crippen molar-refractivity contribution in [3.05, 3.63) is 42.0 Å². The van der Waals surface area contributed by atoms with Gasteiger partial charge in [-0.15, -0.1) is 0 Å². The second kappa shape index (κ2) is 9.15. The number of hydrogen-bond donors (Lipinski definition) is 0. The molecule has 2 aromatic rings. The number of nitrogens with zero attached hydrogens (tertiary/aromatic N) is 1. The van der Waals surface area contributed by atoms with Gasteiger partial charge in [-0.1, -0.05) is 51.5 Å². The van der Waals surface area contributed by atoms with Crippen LogP contribution in [0.4, 0.5) is 0 Å². The van der Waals surface area contributed by atoms with E-state index in [0.717, 1.165) is 35.8 Å². The molecule has 0 N–H and O–H groups in total. The standard InChI is InChI=1S/C32H39NO4/c1-20-8-13-25(30(2,3)23-11-9-22-17-24(36-5)12-10-21(22)16-23)27(15-20)37-29(35)32-14-6-7-26(34)28(32)31(4,18-32)19-33/h9-12,16-17,20,25,27-28H,6-8,13-15,18H2,1-5H3/t20-,25-,27-,28+,31-,32+/m1/s1. The van der Waals surface area contributed by atoms with Gasteiger partial charge in [-0.05, 0) is 78.8 Å². The number of esters is 1. The Morgan fingerprint density at radius 2 is 1.86 bits per heavy atom. The summed E-state index contributed by atoms with van der Waals surface area (Å²) < 4.78 is 11.8. The Morgan fingerprint density at radius 1 is 1.14 bits per heavy atom. The van der Waals surface area contributed by atoms with Crippen LogP contribution >= 0.6 is 0 Å². The predicted octanol–water partition coefficient (Wildman–Crippen LogP) is 6.76. The van der Waals surface area contributed by atoms with E-state index in [9.17, 15) is 14.9 Å². The molecule has 5 nitrogen and oxygen atoms in total. The van der Waals surface area contributed by atoms with E-state index in [1.807, 2.05) is 19.1 Å². The second-order valence-electron chi connectivity index (χ2n) is 12.7. The Kier molecular flexibility index (Phi) is 6.37. The molecule has 6 atom stereocenters. The lowest BCUT2D eigenvalue weighted by Crippen LogP contribution is -2.64. The van der Waals surface area contributed by atoms with Gasteiger partial charge in [0.05, 0.1) is 29.9 Å². The summed E-state index contributed by atoms with van der Waals surface area (Å²) >= 11 is 0. The predicted molar refractivity (Wildman–Crippen MR) is 143 cm³/mol. The molecule has 3 saturated carbocycles. The molecule has 3 aliphatic rings. The van der Waals surface area contributed by atoms with Crippen LogP contribution in [0.15, 0.2) is 36.4 Å². The molecule has 3 aliphatic carbocycles. The highest BCUT2D eigenvalue weighted by atomic mass is 16.5. The van der Waals surface area contributed by atoms with Crippen LogP contribution in [0, 0.1) is 39.9 Å². The third-order valence-electron chi connectivity index (χ3n) is 9.93. The first-order chi connectivity index (χ1) is 17.5. The lowest BCUT2D eigenvalue weighted by molar-refractivity contribution is -0.200. The number of ketones is 1. The van der Waals surface area contributed by atoms with E-state index in [1.54, 1.807) is 7.11 Å². The van der Waals surface area contributed by atoms with Gasteiger partial charge in [0.15, 0.2) is 0 Å². The minimum absolute atomic E-state index is 0.0557. The van der Waals surface area contributed by atoms with E-state index in [-0.39, 0.29) is 29.2 Å². The fourth-order valence-electron chi connectivity index (χ4n) is 7.86. The van der Waals surface area contributed by atoms with Gasteiger partial charge < -0.3 is 9.47 Å². The van der Waals surface area contributed by atoms with Crippen molar-refractivity contribution in [2.45, 2.75) is 84.2 Å². The Labute approximate surface area is 220 Å². The van der Waals surface area contributed by atoms with E-state index in [1.165, 1.54) is 5.56 Å². The average molecular weight is 502 g/mol. The number of rotatable bonds is 5. The number of nitriles is 1. The minimum Gasteiger partial charge on any atom is -0.497 e. The Bertz CT molecular complexity index is 1280. The number of carbonyl (C=O) groups is 2. The number of ether oxygens (including phenoxy) is 2. The number of hydrogen-bond acceptors (Lipinski definition) is 5. The van der Waals surface area contributed by atoms with E-state index >= 15 is 0 Å². The smallest absolute Gasteiger partial charge is 0.313 e. The number of Topliss-reactive ketones (excluding diaryl/α,β-unsaturated/α-hetero) is 1. The Hall–Kier alpha value is -2.87. The molecule has 37 heavy (non-hydrogen) atoms. The summed E-state index contributed by atoms with van der Waals surface area (Å²) in [5.74, 6) is 0.760. The Balaban J connectivity index is 1.42. The monoisotopic (exact) mass is 501 g/mol. The van der Waals surface area contributed by atoms with Crippen LogP contribution in [0.25, 0.3) is 10.8 Å². The highest BCUT2D eigenvalue weighted by molar-refractivity contribution is 5.94. The fraction of sp³-hybridized carbons (Fsp3) is 0.594. The largest absolute Gasteiger partial charge is 0.497 e. The molecule has 0 radical (unpaired) electrons. The highest BCUT2D eigenvalue weighted by Gasteiger charge is 2.69. The van der Waals surface area contributed by atoms with Gasteiger partial charge in [0, 0.05) is 12.3 Å². The summed E-state index contributed by atoms with van der Waals surface area (Å²) in [7, 11) is 1.68. The number of fused-ring (bicyclic) bond motifs is 2. The van der Waals surface area contributed by atoms with Crippen molar-refractivity contribution in [1.82, 2.24) is 0 Å². The normalized spacial score (nSPS) is 33.7. The van der Waals surface area contributed by atoms with Crippen molar-refractivity contribution >= 4 is 22.5 Å². The molecule has 3 fully saturated rings. The summed E-state index contributed by atoms with van der Waals surface area (Å²) in [4.78, 5) is 26.7. The molecule has 2 aromatic carbocycles. The Morgan fingerprint density at radius 3 is 2.59 bits per heavy atom. The third-order valence-corrected chi connectivity index (χ3v) is 9.93. The maximum absolute atomic E-state index is 13.9. The molecule has 0 bridgehead atoms. The summed E-state index contributed by atoms with van der Waals surface area (Å²) in [5, 5.41) is 12.1. The quantitative estimate of drug-likeness (QED) is 0.423. The lowest BCUT2D eigenvalue weighted by Gasteiger charge is -2.58. The van der Waals surface area contributed by atoms with Crippen molar-refractivity contribution in [3.8, 4) is 11.8 Å². The van der Waals surface area contributed by atoms with E-state index in [4.69, 9.17) is 9.47 Å². The van der Waals surface area contributed by atoms with Crippen molar-refractivity contribution in [3.63, 3.8) is 0 Å². The highest BCUT2D eigenvalue weighted by Crippen LogP contribution is 2.65. The maximum Gasteiger partial charge on any atom is 0.313 e. The van der Waals surface area contributed by atoms with E-state index in [2.05, 4.69) is 51.1 Å². The van der Waals surface area contributed by atoms with Gasteiger partial charge in [0.2, 0.25) is 0 Å². The van der Waals surface area contributed by atoms with E-state index < -0.39 is 16.7 Å². The van der Waals surface area contributed by atoms with Crippen molar-refractivity contribution in [2.24, 2.45) is 28.6 Å². The van der Waals surface area contributed by atoms with Crippen LogP contribution in [0.3, 0.4) is 0 Å². The zero-order valence-electron chi connectivity index (χ0n) is 22.8. The molecule has 196 valence electrons. The van der Waals surface area contributed by atoms with Crippen molar-refractivity contribution in [2.75, 3.05) is 7.11 Å². The molecule has 5 rings (SSSR count). The van der Waals surface area contributed by atoms with Crippen LogP contribution in [0.5, 0.6) is 5.75 Å². The van der Waals surface area contributed by atoms with Gasteiger partial charge in [-0.2, -0.15) is 5.26 Å². The topological polar surface area (TPSA) is 76.4 Å². The van der Waals surface area contributed by atoms with Crippen LogP contribution in [-0.2, 0) is 19.7 Å². The molecular weight excluding hydrogens is 462 g/mol. The van der Waals surface area contributed by atoms with Crippen LogP contribution < -0.4 is 4.74 Å². The van der Waals surface area contributed by atoms with Crippen LogP contribution in [-0.4, -0.2) is 25.0 Å².